The van der Waals surface area contributed by atoms with Gasteiger partial charge in [0.1, 0.15) is 0 Å². The molecule has 1 aromatic heterocycles. The Morgan fingerprint density at radius 3 is 2.70 bits per heavy atom. The highest BCUT2D eigenvalue weighted by Gasteiger charge is 2.40. The van der Waals surface area contributed by atoms with Crippen molar-refractivity contribution >= 4 is 16.3 Å². The summed E-state index contributed by atoms with van der Waals surface area (Å²) in [5.74, 6) is 0.0501. The molecule has 0 amide bonds. The summed E-state index contributed by atoms with van der Waals surface area (Å²) in [7, 11) is 4.01. The van der Waals surface area contributed by atoms with Crippen molar-refractivity contribution in [3.63, 3.8) is 0 Å². The Balaban J connectivity index is 1.82. The fraction of sp³-hybridized carbons (Fsp3) is 0.524. The topological polar surface area (TPSA) is 23.5 Å². The van der Waals surface area contributed by atoms with Crippen molar-refractivity contribution in [3.05, 3.63) is 52.4 Å². The van der Waals surface area contributed by atoms with Gasteiger partial charge in [-0.1, -0.05) is 31.0 Å². The maximum Gasteiger partial charge on any atom is 0.416 e. The number of hydrogen-bond donors (Lipinski definition) is 1. The molecule has 1 heterocycles. The molecule has 2 nitrogen and oxygen atoms in total. The molecule has 3 rings (SSSR count). The third-order valence-electron chi connectivity index (χ3n) is 5.53. The van der Waals surface area contributed by atoms with E-state index in [2.05, 4.69) is 16.3 Å². The monoisotopic (exact) mass is 397 g/mol. The van der Waals surface area contributed by atoms with Gasteiger partial charge in [-0.3, -0.25) is 0 Å². The van der Waals surface area contributed by atoms with Crippen LogP contribution >= 0.6 is 11.3 Å². The van der Waals surface area contributed by atoms with Gasteiger partial charge >= 0.3 is 6.18 Å². The number of alkyl halides is 3. The largest absolute Gasteiger partial charge is 0.416 e. The summed E-state index contributed by atoms with van der Waals surface area (Å²) in [6, 6.07) is 7.48. The summed E-state index contributed by atoms with van der Waals surface area (Å²) >= 11 is 1.67. The molecular weight excluding hydrogens is 371 g/mol. The predicted octanol–water partition coefficient (Wildman–Crippen LogP) is 5.54. The average Bonchev–Trinajstić information content (AvgIpc) is 3.05. The van der Waals surface area contributed by atoms with Gasteiger partial charge in [0, 0.05) is 20.5 Å². The summed E-state index contributed by atoms with van der Waals surface area (Å²) in [6.45, 7) is 0. The van der Waals surface area contributed by atoms with Crippen LogP contribution in [0, 0.1) is 5.92 Å². The van der Waals surface area contributed by atoms with Crippen molar-refractivity contribution in [2.45, 2.75) is 50.3 Å². The molecule has 1 saturated carbocycles. The van der Waals surface area contributed by atoms with Crippen LogP contribution in [0.25, 0.3) is 0 Å². The van der Waals surface area contributed by atoms with Gasteiger partial charge in [0.05, 0.1) is 16.2 Å². The second kappa shape index (κ2) is 7.84. The lowest BCUT2D eigenvalue weighted by Crippen LogP contribution is -2.43. The Kier molecular flexibility index (Phi) is 5.87. The van der Waals surface area contributed by atoms with Crippen LogP contribution in [0.4, 0.5) is 18.2 Å². The zero-order chi connectivity index (χ0) is 19.7. The second-order valence-corrected chi connectivity index (χ2v) is 8.67. The number of hydrogen-bond acceptors (Lipinski definition) is 3. The lowest BCUT2D eigenvalue weighted by molar-refractivity contribution is -0.137. The lowest BCUT2D eigenvalue weighted by Gasteiger charge is -2.40. The first-order chi connectivity index (χ1) is 12.7. The summed E-state index contributed by atoms with van der Waals surface area (Å²) in [6.07, 6.45) is 0.165. The predicted molar refractivity (Wildman–Crippen MR) is 104 cm³/mol. The molecule has 1 N–H and O–H groups in total. The number of benzene rings is 1. The number of anilines is 1. The molecule has 148 valence electrons. The van der Waals surface area contributed by atoms with Gasteiger partial charge < -0.3 is 10.0 Å². The van der Waals surface area contributed by atoms with Crippen LogP contribution in [-0.2, 0) is 19.0 Å². The van der Waals surface area contributed by atoms with Gasteiger partial charge in [0.15, 0.2) is 0 Å². The van der Waals surface area contributed by atoms with Crippen LogP contribution in [0.1, 0.15) is 42.4 Å². The first-order valence-corrected chi connectivity index (χ1v) is 10.2. The van der Waals surface area contributed by atoms with Gasteiger partial charge in [0.2, 0.25) is 0 Å². The molecule has 0 radical (unpaired) electrons. The van der Waals surface area contributed by atoms with E-state index >= 15 is 0 Å². The molecule has 2 aromatic rings. The van der Waals surface area contributed by atoms with E-state index in [1.54, 1.807) is 17.4 Å². The zero-order valence-electron chi connectivity index (χ0n) is 15.7. The molecule has 2 atom stereocenters. The first kappa shape index (κ1) is 20.2. The molecule has 6 heteroatoms. The zero-order valence-corrected chi connectivity index (χ0v) is 16.5. The smallest absolute Gasteiger partial charge is 0.389 e. The standard InChI is InChI=1S/C21H26F3NOS/c1-25(2)19-16(9-11-27-19)13-17-7-3-4-10-20(17,26)14-15-6-5-8-18(12-15)21(22,23)24/h5-6,8-9,11-12,17,26H,3-4,7,10,13-14H2,1-2H3. The highest BCUT2D eigenvalue weighted by molar-refractivity contribution is 7.14. The van der Waals surface area contributed by atoms with Crippen LogP contribution in [-0.4, -0.2) is 24.8 Å². The second-order valence-electron chi connectivity index (χ2n) is 7.77. The fourth-order valence-electron chi connectivity index (χ4n) is 4.17. The molecule has 0 spiro atoms. The molecule has 0 aliphatic heterocycles. The number of thiophene rings is 1. The molecule has 1 fully saturated rings. The molecule has 1 aliphatic rings. The molecular formula is C21H26F3NOS. The van der Waals surface area contributed by atoms with E-state index in [1.165, 1.54) is 22.7 Å². The molecule has 0 bridgehead atoms. The van der Waals surface area contributed by atoms with Crippen LogP contribution < -0.4 is 4.90 Å². The van der Waals surface area contributed by atoms with Crippen molar-refractivity contribution in [2.24, 2.45) is 5.92 Å². The van der Waals surface area contributed by atoms with E-state index in [1.807, 2.05) is 14.1 Å². The molecule has 1 aromatic carbocycles. The van der Waals surface area contributed by atoms with Gasteiger partial charge in [-0.15, -0.1) is 11.3 Å². The van der Waals surface area contributed by atoms with Gasteiger partial charge in [-0.05, 0) is 53.8 Å². The minimum atomic E-state index is -4.36. The number of rotatable bonds is 5. The van der Waals surface area contributed by atoms with Crippen molar-refractivity contribution in [1.29, 1.82) is 0 Å². The van der Waals surface area contributed by atoms with Crippen molar-refractivity contribution in [1.82, 2.24) is 0 Å². The average molecular weight is 398 g/mol. The Hall–Kier alpha value is -1.53. The SMILES string of the molecule is CN(C)c1sccc1CC1CCCCC1(O)Cc1cccc(C(F)(F)F)c1. The Labute approximate surface area is 162 Å². The van der Waals surface area contributed by atoms with E-state index in [4.69, 9.17) is 0 Å². The third kappa shape index (κ3) is 4.66. The Morgan fingerprint density at radius 2 is 2.00 bits per heavy atom. The number of halogens is 3. The summed E-state index contributed by atoms with van der Waals surface area (Å²) in [4.78, 5) is 2.08. The van der Waals surface area contributed by atoms with Gasteiger partial charge in [0.25, 0.3) is 0 Å². The fourth-order valence-corrected chi connectivity index (χ4v) is 5.05. The normalized spacial score (nSPS) is 23.4. The van der Waals surface area contributed by atoms with Crippen LogP contribution in [0.5, 0.6) is 0 Å². The van der Waals surface area contributed by atoms with E-state index < -0.39 is 17.3 Å². The van der Waals surface area contributed by atoms with E-state index in [0.717, 1.165) is 31.7 Å². The van der Waals surface area contributed by atoms with Crippen LogP contribution in [0.15, 0.2) is 35.7 Å². The summed E-state index contributed by atoms with van der Waals surface area (Å²) < 4.78 is 39.1. The molecule has 1 aliphatic carbocycles. The quantitative estimate of drug-likeness (QED) is 0.716. The highest BCUT2D eigenvalue weighted by atomic mass is 32.1. The van der Waals surface area contributed by atoms with E-state index in [9.17, 15) is 18.3 Å². The first-order valence-electron chi connectivity index (χ1n) is 9.31. The Bertz CT molecular complexity index is 771. The van der Waals surface area contributed by atoms with E-state index in [0.29, 0.717) is 12.0 Å². The minimum absolute atomic E-state index is 0.0501. The van der Waals surface area contributed by atoms with Gasteiger partial charge in [-0.25, -0.2) is 0 Å². The van der Waals surface area contributed by atoms with Crippen molar-refractivity contribution in [2.75, 3.05) is 19.0 Å². The molecule has 2 unspecified atom stereocenters. The number of nitrogens with zero attached hydrogens (tertiary/aromatic N) is 1. The lowest BCUT2D eigenvalue weighted by atomic mass is 9.70. The highest BCUT2D eigenvalue weighted by Crippen LogP contribution is 2.41. The maximum absolute atomic E-state index is 13.0. The Morgan fingerprint density at radius 1 is 1.22 bits per heavy atom. The van der Waals surface area contributed by atoms with E-state index in [-0.39, 0.29) is 12.3 Å². The maximum atomic E-state index is 13.0. The third-order valence-corrected chi connectivity index (χ3v) is 6.66. The number of aliphatic hydroxyl groups is 1. The summed E-state index contributed by atoms with van der Waals surface area (Å²) in [5.41, 5.74) is 0.147. The van der Waals surface area contributed by atoms with Crippen molar-refractivity contribution < 1.29 is 18.3 Å². The van der Waals surface area contributed by atoms with Crippen LogP contribution in [0.3, 0.4) is 0 Å². The molecule has 27 heavy (non-hydrogen) atoms. The van der Waals surface area contributed by atoms with Crippen LogP contribution in [0.2, 0.25) is 0 Å². The molecule has 0 saturated heterocycles. The minimum Gasteiger partial charge on any atom is -0.389 e. The van der Waals surface area contributed by atoms with Crippen molar-refractivity contribution in [3.8, 4) is 0 Å². The summed E-state index contributed by atoms with van der Waals surface area (Å²) in [5, 5.41) is 14.7. The van der Waals surface area contributed by atoms with Gasteiger partial charge in [-0.2, -0.15) is 13.2 Å².